The first kappa shape index (κ1) is 28.9. The molecule has 0 aliphatic heterocycles. The zero-order valence-corrected chi connectivity index (χ0v) is 18.9. The Kier molecular flexibility index (Phi) is 14.4. The summed E-state index contributed by atoms with van der Waals surface area (Å²) in [6.45, 7) is -0.446. The molecule has 0 bridgehead atoms. The first-order chi connectivity index (χ1) is 15.9. The Morgan fingerprint density at radius 2 is 1.27 bits per heavy atom. The monoisotopic (exact) mass is 476 g/mol. The van der Waals surface area contributed by atoms with Crippen LogP contribution in [0.5, 0.6) is 17.2 Å². The number of aliphatic hydroxyl groups excluding tert-OH is 6. The summed E-state index contributed by atoms with van der Waals surface area (Å²) < 4.78 is 21.8. The van der Waals surface area contributed by atoms with Crippen molar-refractivity contribution in [3.8, 4) is 17.2 Å². The number of rotatable bonds is 18. The molecule has 3 atom stereocenters. The van der Waals surface area contributed by atoms with Crippen LogP contribution in [0.1, 0.15) is 43.0 Å². The number of carbonyl (C=O) groups is 1. The predicted molar refractivity (Wildman–Crippen MR) is 117 cm³/mol. The minimum Gasteiger partial charge on any atom is -0.487 e. The fourth-order valence-corrected chi connectivity index (χ4v) is 2.54. The topological polar surface area (TPSA) is 175 Å². The van der Waals surface area contributed by atoms with E-state index in [9.17, 15) is 20.1 Å². The minimum atomic E-state index is -1.22. The summed E-state index contributed by atoms with van der Waals surface area (Å²) in [5.41, 5.74) is 0.0440. The Bertz CT molecular complexity index is 647. The second-order valence-corrected chi connectivity index (χ2v) is 7.44. The molecule has 11 nitrogen and oxygen atoms in total. The average Bonchev–Trinajstić information content (AvgIpc) is 2.83. The van der Waals surface area contributed by atoms with Crippen LogP contribution in [0.15, 0.2) is 12.1 Å². The van der Waals surface area contributed by atoms with Gasteiger partial charge in [-0.1, -0.05) is 26.2 Å². The highest BCUT2D eigenvalue weighted by Crippen LogP contribution is 2.39. The number of unbranched alkanes of at least 4 members (excludes halogenated alkanes) is 3. The second-order valence-electron chi connectivity index (χ2n) is 7.44. The van der Waals surface area contributed by atoms with Crippen molar-refractivity contribution in [3.63, 3.8) is 0 Å². The van der Waals surface area contributed by atoms with Crippen LogP contribution in [0.2, 0.25) is 0 Å². The SMILES string of the molecule is CCCCCCOC(=O)c1cc(OCC(O)CO)c(OCC(O)CO)c(OCC(O)CO)c1. The quantitative estimate of drug-likeness (QED) is 0.120. The van der Waals surface area contributed by atoms with E-state index in [4.69, 9.17) is 34.3 Å². The number of hydrogen-bond donors (Lipinski definition) is 6. The highest BCUT2D eigenvalue weighted by Gasteiger charge is 2.22. The Hall–Kier alpha value is -2.15. The molecule has 0 spiro atoms. The van der Waals surface area contributed by atoms with Crippen LogP contribution in [-0.2, 0) is 4.74 Å². The van der Waals surface area contributed by atoms with E-state index < -0.39 is 44.1 Å². The molecule has 0 saturated heterocycles. The fraction of sp³-hybridized carbons (Fsp3) is 0.682. The van der Waals surface area contributed by atoms with Crippen LogP contribution in [0.4, 0.5) is 0 Å². The molecule has 0 heterocycles. The first-order valence-electron chi connectivity index (χ1n) is 11.0. The van der Waals surface area contributed by atoms with E-state index in [-0.39, 0.29) is 49.2 Å². The normalized spacial score (nSPS) is 13.8. The molecule has 190 valence electrons. The Morgan fingerprint density at radius 3 is 1.73 bits per heavy atom. The maximum absolute atomic E-state index is 12.6. The van der Waals surface area contributed by atoms with Gasteiger partial charge in [-0.25, -0.2) is 4.79 Å². The maximum Gasteiger partial charge on any atom is 0.338 e. The van der Waals surface area contributed by atoms with Crippen molar-refractivity contribution < 1.29 is 54.4 Å². The molecule has 1 rings (SSSR count). The smallest absolute Gasteiger partial charge is 0.338 e. The lowest BCUT2D eigenvalue weighted by Gasteiger charge is -2.20. The van der Waals surface area contributed by atoms with Crippen LogP contribution in [0.3, 0.4) is 0 Å². The highest BCUT2D eigenvalue weighted by molar-refractivity contribution is 5.91. The van der Waals surface area contributed by atoms with E-state index in [1.807, 2.05) is 0 Å². The van der Waals surface area contributed by atoms with Crippen molar-refractivity contribution >= 4 is 5.97 Å². The Labute approximate surface area is 193 Å². The van der Waals surface area contributed by atoms with Crippen LogP contribution >= 0.6 is 0 Å². The van der Waals surface area contributed by atoms with Gasteiger partial charge in [-0.3, -0.25) is 0 Å². The predicted octanol–water partition coefficient (Wildman–Crippen LogP) is -0.380. The van der Waals surface area contributed by atoms with E-state index in [2.05, 4.69) is 6.92 Å². The summed E-state index contributed by atoms with van der Waals surface area (Å²) in [6, 6.07) is 2.60. The largest absolute Gasteiger partial charge is 0.487 e. The molecular weight excluding hydrogens is 440 g/mol. The van der Waals surface area contributed by atoms with Crippen molar-refractivity contribution in [1.29, 1.82) is 0 Å². The van der Waals surface area contributed by atoms with Crippen LogP contribution in [0, 0.1) is 0 Å². The summed E-state index contributed by atoms with van der Waals surface area (Å²) in [5, 5.41) is 56.0. The number of carbonyl (C=O) groups excluding carboxylic acids is 1. The number of ether oxygens (including phenoxy) is 4. The van der Waals surface area contributed by atoms with Gasteiger partial charge in [0.05, 0.1) is 32.0 Å². The molecule has 0 aliphatic carbocycles. The fourth-order valence-electron chi connectivity index (χ4n) is 2.54. The standard InChI is InChI=1S/C22H36O11/c1-2-3-4-5-6-30-22(29)15-7-19(31-12-16(26)9-23)21(33-14-18(28)11-25)20(8-15)32-13-17(27)10-24/h7-8,16-18,23-28H,2-6,9-14H2,1H3. The van der Waals surface area contributed by atoms with Gasteiger partial charge in [0.1, 0.15) is 38.1 Å². The lowest BCUT2D eigenvalue weighted by molar-refractivity contribution is 0.0388. The Balaban J connectivity index is 3.19. The van der Waals surface area contributed by atoms with E-state index in [1.165, 1.54) is 12.1 Å². The summed E-state index contributed by atoms with van der Waals surface area (Å²) in [4.78, 5) is 12.6. The van der Waals surface area contributed by atoms with E-state index in [1.54, 1.807) is 0 Å². The van der Waals surface area contributed by atoms with Gasteiger partial charge in [0, 0.05) is 0 Å². The zero-order valence-electron chi connectivity index (χ0n) is 18.9. The third-order valence-corrected chi connectivity index (χ3v) is 4.40. The molecule has 0 aromatic heterocycles. The van der Waals surface area contributed by atoms with E-state index in [0.717, 1.165) is 19.3 Å². The van der Waals surface area contributed by atoms with Gasteiger partial charge in [-0.2, -0.15) is 0 Å². The van der Waals surface area contributed by atoms with Gasteiger partial charge in [-0.15, -0.1) is 0 Å². The number of esters is 1. The van der Waals surface area contributed by atoms with Crippen molar-refractivity contribution in [2.24, 2.45) is 0 Å². The minimum absolute atomic E-state index is 0.0440. The molecule has 3 unspecified atom stereocenters. The van der Waals surface area contributed by atoms with Crippen LogP contribution < -0.4 is 14.2 Å². The second kappa shape index (κ2) is 16.5. The number of hydrogen-bond acceptors (Lipinski definition) is 11. The average molecular weight is 477 g/mol. The molecule has 0 fully saturated rings. The summed E-state index contributed by atoms with van der Waals surface area (Å²) in [5.74, 6) is -0.839. The molecule has 0 amide bonds. The van der Waals surface area contributed by atoms with Gasteiger partial charge >= 0.3 is 5.97 Å². The number of aliphatic hydroxyl groups is 6. The van der Waals surface area contributed by atoms with E-state index >= 15 is 0 Å². The molecule has 11 heteroatoms. The summed E-state index contributed by atoms with van der Waals surface area (Å²) >= 11 is 0. The lowest BCUT2D eigenvalue weighted by Crippen LogP contribution is -2.25. The molecule has 33 heavy (non-hydrogen) atoms. The first-order valence-corrected chi connectivity index (χ1v) is 11.0. The van der Waals surface area contributed by atoms with Crippen molar-refractivity contribution in [2.45, 2.75) is 50.9 Å². The van der Waals surface area contributed by atoms with Gasteiger partial charge in [-0.05, 0) is 18.6 Å². The van der Waals surface area contributed by atoms with Gasteiger partial charge in [0.25, 0.3) is 0 Å². The highest BCUT2D eigenvalue weighted by atomic mass is 16.6. The zero-order chi connectivity index (χ0) is 24.6. The lowest BCUT2D eigenvalue weighted by atomic mass is 10.1. The summed E-state index contributed by atoms with van der Waals surface area (Å²) in [7, 11) is 0. The third-order valence-electron chi connectivity index (χ3n) is 4.40. The van der Waals surface area contributed by atoms with Gasteiger partial charge < -0.3 is 49.6 Å². The Morgan fingerprint density at radius 1 is 0.788 bits per heavy atom. The van der Waals surface area contributed by atoms with Crippen LogP contribution in [0.25, 0.3) is 0 Å². The van der Waals surface area contributed by atoms with Crippen LogP contribution in [-0.4, -0.2) is 101 Å². The molecule has 0 radical (unpaired) electrons. The molecule has 1 aromatic rings. The van der Waals surface area contributed by atoms with Gasteiger partial charge in [0.15, 0.2) is 11.5 Å². The molecule has 0 saturated carbocycles. The van der Waals surface area contributed by atoms with Gasteiger partial charge in [0.2, 0.25) is 5.75 Å². The van der Waals surface area contributed by atoms with Crippen molar-refractivity contribution in [1.82, 2.24) is 0 Å². The molecule has 1 aromatic carbocycles. The maximum atomic E-state index is 12.6. The summed E-state index contributed by atoms with van der Waals surface area (Å²) in [6.07, 6.45) is 0.0549. The van der Waals surface area contributed by atoms with Crippen molar-refractivity contribution in [3.05, 3.63) is 17.7 Å². The number of benzene rings is 1. The molecule has 0 aliphatic rings. The van der Waals surface area contributed by atoms with Crippen molar-refractivity contribution in [2.75, 3.05) is 46.2 Å². The third kappa shape index (κ3) is 11.0. The van der Waals surface area contributed by atoms with E-state index in [0.29, 0.717) is 6.42 Å². The molecular formula is C22H36O11. The molecule has 6 N–H and O–H groups in total.